The standard InChI is InChI=1S/C10H21NO2/c1-3-5-9(10(12)13)6-8-11-7-4-2/h9,11H,3-8H2,1-2H3,(H,12,13). The summed E-state index contributed by atoms with van der Waals surface area (Å²) in [6, 6.07) is 0. The third-order valence-electron chi connectivity index (χ3n) is 2.08. The lowest BCUT2D eigenvalue weighted by atomic mass is 10.0. The molecule has 3 heteroatoms. The molecule has 0 heterocycles. The largest absolute Gasteiger partial charge is 0.481 e. The van der Waals surface area contributed by atoms with E-state index in [1.165, 1.54) is 0 Å². The van der Waals surface area contributed by atoms with Crippen LogP contribution in [0.25, 0.3) is 0 Å². The third-order valence-corrected chi connectivity index (χ3v) is 2.08. The van der Waals surface area contributed by atoms with Crippen molar-refractivity contribution >= 4 is 5.97 Å². The van der Waals surface area contributed by atoms with Crippen molar-refractivity contribution in [2.45, 2.75) is 39.5 Å². The maximum atomic E-state index is 10.7. The molecule has 0 saturated carbocycles. The topological polar surface area (TPSA) is 49.3 Å². The van der Waals surface area contributed by atoms with E-state index in [9.17, 15) is 4.79 Å². The monoisotopic (exact) mass is 187 g/mol. The smallest absolute Gasteiger partial charge is 0.306 e. The molecule has 0 spiro atoms. The molecule has 0 amide bonds. The van der Waals surface area contributed by atoms with Crippen LogP contribution in [-0.4, -0.2) is 24.2 Å². The van der Waals surface area contributed by atoms with Gasteiger partial charge in [0.2, 0.25) is 0 Å². The first kappa shape index (κ1) is 12.4. The Bertz CT molecular complexity index is 137. The second-order valence-corrected chi connectivity index (χ2v) is 3.36. The first-order chi connectivity index (χ1) is 6.22. The van der Waals surface area contributed by atoms with Crippen molar-refractivity contribution in [1.82, 2.24) is 5.32 Å². The van der Waals surface area contributed by atoms with E-state index in [-0.39, 0.29) is 5.92 Å². The molecule has 0 fully saturated rings. The average Bonchev–Trinajstić information content (AvgIpc) is 2.10. The predicted molar refractivity (Wildman–Crippen MR) is 53.8 cm³/mol. The summed E-state index contributed by atoms with van der Waals surface area (Å²) in [6.07, 6.45) is 3.60. The number of rotatable bonds is 8. The van der Waals surface area contributed by atoms with Gasteiger partial charge in [0, 0.05) is 0 Å². The van der Waals surface area contributed by atoms with Crippen LogP contribution in [0.2, 0.25) is 0 Å². The number of hydrogen-bond donors (Lipinski definition) is 2. The fraction of sp³-hybridized carbons (Fsp3) is 0.900. The van der Waals surface area contributed by atoms with Crippen molar-refractivity contribution in [3.05, 3.63) is 0 Å². The lowest BCUT2D eigenvalue weighted by Crippen LogP contribution is -2.22. The quantitative estimate of drug-likeness (QED) is 0.570. The molecule has 1 atom stereocenters. The van der Waals surface area contributed by atoms with Gasteiger partial charge in [0.1, 0.15) is 0 Å². The Labute approximate surface area is 80.5 Å². The molecule has 13 heavy (non-hydrogen) atoms. The zero-order valence-electron chi connectivity index (χ0n) is 8.68. The van der Waals surface area contributed by atoms with Gasteiger partial charge in [-0.2, -0.15) is 0 Å². The van der Waals surface area contributed by atoms with Crippen molar-refractivity contribution in [3.63, 3.8) is 0 Å². The summed E-state index contributed by atoms with van der Waals surface area (Å²) >= 11 is 0. The first-order valence-electron chi connectivity index (χ1n) is 5.15. The van der Waals surface area contributed by atoms with Gasteiger partial charge in [-0.3, -0.25) is 4.79 Å². The Morgan fingerprint density at radius 1 is 1.23 bits per heavy atom. The molecule has 0 aromatic heterocycles. The Balaban J connectivity index is 3.51. The molecule has 0 radical (unpaired) electrons. The molecule has 1 unspecified atom stereocenters. The molecule has 0 aromatic carbocycles. The predicted octanol–water partition coefficient (Wildman–Crippen LogP) is 1.88. The summed E-state index contributed by atoms with van der Waals surface area (Å²) < 4.78 is 0. The van der Waals surface area contributed by atoms with Crippen LogP contribution < -0.4 is 5.32 Å². The van der Waals surface area contributed by atoms with Crippen LogP contribution in [0.4, 0.5) is 0 Å². The minimum absolute atomic E-state index is 0.158. The number of nitrogens with one attached hydrogen (secondary N) is 1. The van der Waals surface area contributed by atoms with Crippen LogP contribution in [0.15, 0.2) is 0 Å². The van der Waals surface area contributed by atoms with Gasteiger partial charge in [-0.25, -0.2) is 0 Å². The van der Waals surface area contributed by atoms with E-state index in [1.54, 1.807) is 0 Å². The zero-order valence-corrected chi connectivity index (χ0v) is 8.68. The average molecular weight is 187 g/mol. The van der Waals surface area contributed by atoms with Gasteiger partial charge in [-0.1, -0.05) is 20.3 Å². The van der Waals surface area contributed by atoms with E-state index in [0.717, 1.165) is 38.8 Å². The highest BCUT2D eigenvalue weighted by atomic mass is 16.4. The second-order valence-electron chi connectivity index (χ2n) is 3.36. The zero-order chi connectivity index (χ0) is 10.1. The number of carboxylic acid groups (broad SMARTS) is 1. The summed E-state index contributed by atoms with van der Waals surface area (Å²) in [5, 5.41) is 12.0. The van der Waals surface area contributed by atoms with Gasteiger partial charge in [0.05, 0.1) is 5.92 Å². The van der Waals surface area contributed by atoms with Crippen molar-refractivity contribution in [3.8, 4) is 0 Å². The maximum Gasteiger partial charge on any atom is 0.306 e. The van der Waals surface area contributed by atoms with E-state index < -0.39 is 5.97 Å². The van der Waals surface area contributed by atoms with Crippen molar-refractivity contribution < 1.29 is 9.90 Å². The first-order valence-corrected chi connectivity index (χ1v) is 5.15. The second kappa shape index (κ2) is 8.05. The number of carbonyl (C=O) groups is 1. The molecule has 0 rings (SSSR count). The minimum Gasteiger partial charge on any atom is -0.481 e. The molecular weight excluding hydrogens is 166 g/mol. The Morgan fingerprint density at radius 3 is 2.38 bits per heavy atom. The highest BCUT2D eigenvalue weighted by Crippen LogP contribution is 2.10. The van der Waals surface area contributed by atoms with Crippen LogP contribution in [0.5, 0.6) is 0 Å². The van der Waals surface area contributed by atoms with E-state index in [1.807, 2.05) is 6.92 Å². The van der Waals surface area contributed by atoms with Crippen LogP contribution in [0.3, 0.4) is 0 Å². The van der Waals surface area contributed by atoms with Crippen molar-refractivity contribution in [2.75, 3.05) is 13.1 Å². The Morgan fingerprint density at radius 2 is 1.92 bits per heavy atom. The number of hydrogen-bond acceptors (Lipinski definition) is 2. The van der Waals surface area contributed by atoms with Gasteiger partial charge in [0.25, 0.3) is 0 Å². The van der Waals surface area contributed by atoms with Crippen LogP contribution in [0, 0.1) is 5.92 Å². The van der Waals surface area contributed by atoms with Gasteiger partial charge in [-0.15, -0.1) is 0 Å². The molecule has 0 aliphatic heterocycles. The Kier molecular flexibility index (Phi) is 7.69. The van der Waals surface area contributed by atoms with Gasteiger partial charge in [-0.05, 0) is 32.4 Å². The summed E-state index contributed by atoms with van der Waals surface area (Å²) in [7, 11) is 0. The molecule has 3 nitrogen and oxygen atoms in total. The molecule has 0 aliphatic rings. The van der Waals surface area contributed by atoms with E-state index >= 15 is 0 Å². The maximum absolute atomic E-state index is 10.7. The highest BCUT2D eigenvalue weighted by molar-refractivity contribution is 5.69. The summed E-state index contributed by atoms with van der Waals surface area (Å²) in [5.74, 6) is -0.811. The molecule has 78 valence electrons. The van der Waals surface area contributed by atoms with E-state index in [4.69, 9.17) is 5.11 Å². The minimum atomic E-state index is -0.653. The third kappa shape index (κ3) is 6.58. The highest BCUT2D eigenvalue weighted by Gasteiger charge is 2.14. The SMILES string of the molecule is CCCNCCC(CCC)C(=O)O. The van der Waals surface area contributed by atoms with Crippen molar-refractivity contribution in [1.29, 1.82) is 0 Å². The lowest BCUT2D eigenvalue weighted by Gasteiger charge is -2.10. The van der Waals surface area contributed by atoms with Crippen molar-refractivity contribution in [2.24, 2.45) is 5.92 Å². The number of carboxylic acids is 1. The van der Waals surface area contributed by atoms with Crippen LogP contribution in [0.1, 0.15) is 39.5 Å². The van der Waals surface area contributed by atoms with E-state index in [0.29, 0.717) is 0 Å². The summed E-state index contributed by atoms with van der Waals surface area (Å²) in [6.45, 7) is 5.94. The Hall–Kier alpha value is -0.570. The van der Waals surface area contributed by atoms with E-state index in [2.05, 4.69) is 12.2 Å². The van der Waals surface area contributed by atoms with Gasteiger partial charge in [0.15, 0.2) is 0 Å². The molecule has 0 saturated heterocycles. The molecule has 0 aromatic rings. The fourth-order valence-corrected chi connectivity index (χ4v) is 1.32. The number of aliphatic carboxylic acids is 1. The van der Waals surface area contributed by atoms with Gasteiger partial charge < -0.3 is 10.4 Å². The molecular formula is C10H21NO2. The fourth-order valence-electron chi connectivity index (χ4n) is 1.32. The van der Waals surface area contributed by atoms with Crippen LogP contribution in [-0.2, 0) is 4.79 Å². The summed E-state index contributed by atoms with van der Waals surface area (Å²) in [5.41, 5.74) is 0. The van der Waals surface area contributed by atoms with Crippen LogP contribution >= 0.6 is 0 Å². The van der Waals surface area contributed by atoms with Gasteiger partial charge >= 0.3 is 5.97 Å². The molecule has 0 bridgehead atoms. The summed E-state index contributed by atoms with van der Waals surface area (Å²) in [4.78, 5) is 10.7. The molecule has 2 N–H and O–H groups in total. The molecule has 0 aliphatic carbocycles. The normalized spacial score (nSPS) is 12.8. The lowest BCUT2D eigenvalue weighted by molar-refractivity contribution is -0.142.